The van der Waals surface area contributed by atoms with Crippen LogP contribution in [-0.4, -0.2) is 63.5 Å². The highest BCUT2D eigenvalue weighted by Gasteiger charge is 2.40. The molecule has 0 radical (unpaired) electrons. The van der Waals surface area contributed by atoms with E-state index in [1.54, 1.807) is 0 Å². The zero-order valence-electron chi connectivity index (χ0n) is 24.7. The molecule has 1 fully saturated rings. The summed E-state index contributed by atoms with van der Waals surface area (Å²) in [6.07, 6.45) is 7.18. The van der Waals surface area contributed by atoms with Crippen molar-refractivity contribution in [3.63, 3.8) is 0 Å². The molecule has 5 N–H and O–H groups in total. The van der Waals surface area contributed by atoms with Gasteiger partial charge in [0, 0.05) is 43.9 Å². The second kappa shape index (κ2) is 15.3. The summed E-state index contributed by atoms with van der Waals surface area (Å²) in [6, 6.07) is 10.2. The van der Waals surface area contributed by atoms with Gasteiger partial charge in [-0.25, -0.2) is 0 Å². The Hall–Kier alpha value is -2.49. The van der Waals surface area contributed by atoms with Gasteiger partial charge in [0.25, 0.3) is 0 Å². The molecule has 39 heavy (non-hydrogen) atoms. The van der Waals surface area contributed by atoms with Gasteiger partial charge in [-0.2, -0.15) is 15.0 Å². The topological polar surface area (TPSA) is 116 Å². The number of rotatable bonds is 17. The van der Waals surface area contributed by atoms with E-state index in [4.69, 9.17) is 9.84 Å². The lowest BCUT2D eigenvalue weighted by molar-refractivity contribution is -0.0247. The van der Waals surface area contributed by atoms with E-state index in [-0.39, 0.29) is 23.8 Å². The largest absolute Gasteiger partial charge is 0.396 e. The average Bonchev–Trinajstić information content (AvgIpc) is 2.88. The fraction of sp³-hybridized carbons (Fsp3) is 0.700. The summed E-state index contributed by atoms with van der Waals surface area (Å²) in [5.74, 6) is 2.16. The van der Waals surface area contributed by atoms with E-state index < -0.39 is 0 Å². The Bertz CT molecular complexity index is 955. The fourth-order valence-corrected chi connectivity index (χ4v) is 5.84. The highest BCUT2D eigenvalue weighted by atomic mass is 16.5. The quantitative estimate of drug-likeness (QED) is 0.172. The van der Waals surface area contributed by atoms with E-state index >= 15 is 0 Å². The van der Waals surface area contributed by atoms with Gasteiger partial charge in [0.2, 0.25) is 17.8 Å². The molecule has 1 aliphatic rings. The number of nitrogens with one attached hydrogen (secondary N) is 4. The van der Waals surface area contributed by atoms with E-state index in [2.05, 4.69) is 83.0 Å². The first-order valence-corrected chi connectivity index (χ1v) is 14.7. The molecule has 1 atom stereocenters. The molecule has 2 aromatic rings. The van der Waals surface area contributed by atoms with Crippen molar-refractivity contribution in [1.29, 1.82) is 0 Å². The minimum atomic E-state index is 0.0847. The van der Waals surface area contributed by atoms with E-state index in [0.717, 1.165) is 63.6 Å². The molecular formula is C30H51N7O2. The van der Waals surface area contributed by atoms with Crippen LogP contribution in [-0.2, 0) is 11.3 Å². The number of aromatic nitrogens is 3. The van der Waals surface area contributed by atoms with Gasteiger partial charge in [-0.3, -0.25) is 0 Å². The molecule has 0 amide bonds. The minimum Gasteiger partial charge on any atom is -0.396 e. The van der Waals surface area contributed by atoms with Crippen LogP contribution in [0.15, 0.2) is 30.3 Å². The molecule has 0 saturated carbocycles. The molecule has 0 aliphatic carbocycles. The molecule has 1 aromatic carbocycles. The van der Waals surface area contributed by atoms with Gasteiger partial charge in [-0.15, -0.1) is 0 Å². The normalized spacial score (nSPS) is 17.5. The van der Waals surface area contributed by atoms with Crippen molar-refractivity contribution in [3.8, 4) is 0 Å². The number of hydrogen-bond acceptors (Lipinski definition) is 9. The van der Waals surface area contributed by atoms with Crippen LogP contribution in [0.25, 0.3) is 0 Å². The molecule has 9 heteroatoms. The summed E-state index contributed by atoms with van der Waals surface area (Å²) >= 11 is 0. The van der Waals surface area contributed by atoms with Crippen molar-refractivity contribution in [2.45, 2.75) is 103 Å². The fourth-order valence-electron chi connectivity index (χ4n) is 5.84. The maximum absolute atomic E-state index is 8.98. The summed E-state index contributed by atoms with van der Waals surface area (Å²) in [7, 11) is 0. The molecule has 1 saturated heterocycles. The van der Waals surface area contributed by atoms with Crippen LogP contribution in [0.5, 0.6) is 0 Å². The van der Waals surface area contributed by atoms with Crippen molar-refractivity contribution in [2.75, 3.05) is 42.3 Å². The molecule has 218 valence electrons. The zero-order chi connectivity index (χ0) is 28.1. The molecule has 1 unspecified atom stereocenters. The Morgan fingerprint density at radius 2 is 1.46 bits per heavy atom. The smallest absolute Gasteiger partial charge is 0.229 e. The van der Waals surface area contributed by atoms with Gasteiger partial charge in [0.05, 0.1) is 6.10 Å². The number of aliphatic hydroxyl groups is 1. The lowest BCUT2D eigenvalue weighted by Crippen LogP contribution is -2.59. The predicted molar refractivity (Wildman–Crippen MR) is 160 cm³/mol. The number of hydrogen-bond donors (Lipinski definition) is 5. The van der Waals surface area contributed by atoms with Gasteiger partial charge in [0.1, 0.15) is 0 Å². The van der Waals surface area contributed by atoms with Crippen LogP contribution in [0.4, 0.5) is 17.8 Å². The number of anilines is 3. The Morgan fingerprint density at radius 3 is 2.08 bits per heavy atom. The second-order valence-corrected chi connectivity index (χ2v) is 12.0. The van der Waals surface area contributed by atoms with Crippen molar-refractivity contribution in [1.82, 2.24) is 20.3 Å². The van der Waals surface area contributed by atoms with Gasteiger partial charge in [-0.05, 0) is 78.2 Å². The van der Waals surface area contributed by atoms with Crippen LogP contribution < -0.4 is 21.3 Å². The van der Waals surface area contributed by atoms with Crippen LogP contribution in [0.2, 0.25) is 0 Å². The number of benzene rings is 1. The molecule has 2 heterocycles. The minimum absolute atomic E-state index is 0.0847. The molecule has 0 bridgehead atoms. The summed E-state index contributed by atoms with van der Waals surface area (Å²) in [5.41, 5.74) is 1.33. The van der Waals surface area contributed by atoms with Crippen molar-refractivity contribution < 1.29 is 9.84 Å². The first-order valence-electron chi connectivity index (χ1n) is 14.7. The predicted octanol–water partition coefficient (Wildman–Crippen LogP) is 5.21. The maximum Gasteiger partial charge on any atom is 0.229 e. The van der Waals surface area contributed by atoms with Crippen LogP contribution >= 0.6 is 0 Å². The second-order valence-electron chi connectivity index (χ2n) is 12.0. The van der Waals surface area contributed by atoms with E-state index in [1.807, 2.05) is 18.2 Å². The first kappa shape index (κ1) is 31.0. The van der Waals surface area contributed by atoms with Gasteiger partial charge in [-0.1, -0.05) is 43.2 Å². The molecule has 1 aromatic heterocycles. The number of nitrogens with zero attached hydrogens (tertiary/aromatic N) is 3. The standard InChI is InChI=1S/C30H51N7O2/c1-6-39-25(24-20-29(2,3)37-30(4,5)21-24)16-18-32-27-34-26(31-17-12-7-8-13-19-38)35-28(36-27)33-22-23-14-10-9-11-15-23/h9-11,14-15,24-25,37-38H,6-8,12-13,16-22H2,1-5H3,(H3,31,32,33,34,35,36). The third kappa shape index (κ3) is 11.3. The van der Waals surface area contributed by atoms with E-state index in [9.17, 15) is 0 Å². The van der Waals surface area contributed by atoms with Gasteiger partial charge in [0.15, 0.2) is 0 Å². The third-order valence-corrected chi connectivity index (χ3v) is 7.14. The Morgan fingerprint density at radius 1 is 0.872 bits per heavy atom. The average molecular weight is 542 g/mol. The maximum atomic E-state index is 8.98. The molecule has 3 rings (SSSR count). The highest BCUT2D eigenvalue weighted by Crippen LogP contribution is 2.36. The summed E-state index contributed by atoms with van der Waals surface area (Å²) in [6.45, 7) is 14.3. The number of aliphatic hydroxyl groups excluding tert-OH is 1. The Kier molecular flexibility index (Phi) is 12.2. The Labute approximate surface area is 235 Å². The first-order chi connectivity index (χ1) is 18.7. The SMILES string of the molecule is CCOC(CCNc1nc(NCCCCCCO)nc(NCc2ccccc2)n1)C1CC(C)(C)NC(C)(C)C1. The lowest BCUT2D eigenvalue weighted by atomic mass is 9.73. The Balaban J connectivity index is 1.63. The van der Waals surface area contributed by atoms with Crippen molar-refractivity contribution in [3.05, 3.63) is 35.9 Å². The van der Waals surface area contributed by atoms with Crippen LogP contribution in [0, 0.1) is 5.92 Å². The number of piperidine rings is 1. The summed E-state index contributed by atoms with van der Waals surface area (Å²) in [4.78, 5) is 13.9. The van der Waals surface area contributed by atoms with Gasteiger partial charge < -0.3 is 31.1 Å². The highest BCUT2D eigenvalue weighted by molar-refractivity contribution is 5.42. The summed E-state index contributed by atoms with van der Waals surface area (Å²) in [5, 5.41) is 22.9. The van der Waals surface area contributed by atoms with Gasteiger partial charge >= 0.3 is 0 Å². The van der Waals surface area contributed by atoms with Crippen LogP contribution in [0.3, 0.4) is 0 Å². The number of unbranched alkanes of at least 4 members (excludes halogenated alkanes) is 3. The number of ether oxygens (including phenoxy) is 1. The van der Waals surface area contributed by atoms with E-state index in [1.165, 1.54) is 0 Å². The molecule has 0 spiro atoms. The third-order valence-electron chi connectivity index (χ3n) is 7.14. The van der Waals surface area contributed by atoms with Crippen LogP contribution in [0.1, 0.15) is 85.1 Å². The molecular weight excluding hydrogens is 490 g/mol. The molecule has 9 nitrogen and oxygen atoms in total. The molecule has 1 aliphatic heterocycles. The lowest BCUT2D eigenvalue weighted by Gasteiger charge is -2.48. The monoisotopic (exact) mass is 541 g/mol. The zero-order valence-corrected chi connectivity index (χ0v) is 24.7. The summed E-state index contributed by atoms with van der Waals surface area (Å²) < 4.78 is 6.27. The van der Waals surface area contributed by atoms with Crippen molar-refractivity contribution >= 4 is 17.8 Å². The van der Waals surface area contributed by atoms with E-state index in [0.29, 0.717) is 36.9 Å². The van der Waals surface area contributed by atoms with Crippen molar-refractivity contribution in [2.24, 2.45) is 5.92 Å².